The molecule has 3 N–H and O–H groups in total. The third-order valence-corrected chi connectivity index (χ3v) is 3.38. The number of rotatable bonds is 6. The zero-order valence-electron chi connectivity index (χ0n) is 11.3. The van der Waals surface area contributed by atoms with Crippen LogP contribution in [0, 0.1) is 10.1 Å². The predicted octanol–water partition coefficient (Wildman–Crippen LogP) is 0.564. The van der Waals surface area contributed by atoms with Crippen LogP contribution in [-0.2, 0) is 0 Å². The Bertz CT molecular complexity index is 554. The van der Waals surface area contributed by atoms with E-state index in [2.05, 4.69) is 10.3 Å². The summed E-state index contributed by atoms with van der Waals surface area (Å²) in [6.07, 6.45) is 1.87. The number of carbonyl (C=O) groups is 1. The van der Waals surface area contributed by atoms with Gasteiger partial charge in [-0.3, -0.25) is 19.7 Å². The topological polar surface area (TPSA) is 125 Å². The third kappa shape index (κ3) is 3.21. The number of carbonyl (C=O) groups excluding carboxylic acids is 1. The highest BCUT2D eigenvalue weighted by Gasteiger charge is 2.29. The van der Waals surface area contributed by atoms with Gasteiger partial charge >= 0.3 is 0 Å². The van der Waals surface area contributed by atoms with Gasteiger partial charge in [0.25, 0.3) is 17.2 Å². The number of nitrogens with one attached hydrogen (secondary N) is 2. The minimum Gasteiger partial charge on any atom is -0.394 e. The van der Waals surface area contributed by atoms with Crippen molar-refractivity contribution in [1.29, 1.82) is 0 Å². The minimum absolute atomic E-state index is 0.279. The molecule has 1 heterocycles. The zero-order chi connectivity index (χ0) is 15.3. The molecule has 0 fully saturated rings. The maximum Gasteiger partial charge on any atom is 0.286 e. The van der Waals surface area contributed by atoms with Crippen molar-refractivity contribution in [3.63, 3.8) is 0 Å². The van der Waals surface area contributed by atoms with Crippen LogP contribution in [0.2, 0.25) is 0 Å². The first-order valence-electron chi connectivity index (χ1n) is 6.19. The second kappa shape index (κ2) is 6.29. The van der Waals surface area contributed by atoms with E-state index in [0.717, 1.165) is 12.3 Å². The number of nitro groups is 1. The lowest BCUT2D eigenvalue weighted by molar-refractivity contribution is -0.385. The summed E-state index contributed by atoms with van der Waals surface area (Å²) in [6, 6.07) is 0.918. The number of H-pyrrole nitrogens is 1. The number of pyridine rings is 1. The van der Waals surface area contributed by atoms with Crippen molar-refractivity contribution in [1.82, 2.24) is 10.3 Å². The Hall–Kier alpha value is -2.22. The molecule has 8 heteroatoms. The fourth-order valence-electron chi connectivity index (χ4n) is 1.74. The number of aromatic nitrogens is 1. The van der Waals surface area contributed by atoms with Crippen LogP contribution in [0.15, 0.2) is 17.1 Å². The largest absolute Gasteiger partial charge is 0.394 e. The smallest absolute Gasteiger partial charge is 0.286 e. The molecule has 1 amide bonds. The first-order valence-corrected chi connectivity index (χ1v) is 6.19. The average molecular weight is 283 g/mol. The van der Waals surface area contributed by atoms with Gasteiger partial charge in [0, 0.05) is 6.07 Å². The predicted molar refractivity (Wildman–Crippen MR) is 71.6 cm³/mol. The van der Waals surface area contributed by atoms with Gasteiger partial charge in [-0.15, -0.1) is 0 Å². The Morgan fingerprint density at radius 1 is 1.50 bits per heavy atom. The van der Waals surface area contributed by atoms with E-state index in [-0.39, 0.29) is 17.9 Å². The van der Waals surface area contributed by atoms with E-state index >= 15 is 0 Å². The second-order valence-electron chi connectivity index (χ2n) is 4.46. The lowest BCUT2D eigenvalue weighted by atomic mass is 9.93. The molecular formula is C12H17N3O5. The molecule has 0 aromatic carbocycles. The van der Waals surface area contributed by atoms with E-state index in [1.54, 1.807) is 13.8 Å². The number of amides is 1. The van der Waals surface area contributed by atoms with Gasteiger partial charge in [0.05, 0.1) is 23.3 Å². The number of aromatic amines is 1. The lowest BCUT2D eigenvalue weighted by Crippen LogP contribution is -2.51. The van der Waals surface area contributed by atoms with Crippen molar-refractivity contribution in [2.75, 3.05) is 6.61 Å². The Morgan fingerprint density at radius 3 is 2.55 bits per heavy atom. The first kappa shape index (κ1) is 15.8. The van der Waals surface area contributed by atoms with Gasteiger partial charge < -0.3 is 15.4 Å². The van der Waals surface area contributed by atoms with Crippen molar-refractivity contribution in [3.8, 4) is 0 Å². The van der Waals surface area contributed by atoms with Crippen molar-refractivity contribution in [3.05, 3.63) is 38.3 Å². The maximum absolute atomic E-state index is 12.1. The second-order valence-corrected chi connectivity index (χ2v) is 4.46. The number of nitrogens with zero attached hydrogens (tertiary/aromatic N) is 1. The molecule has 0 radical (unpaired) electrons. The molecule has 0 saturated heterocycles. The molecule has 1 aromatic rings. The fraction of sp³-hybridized carbons (Fsp3) is 0.500. The van der Waals surface area contributed by atoms with Crippen LogP contribution in [0.25, 0.3) is 0 Å². The summed E-state index contributed by atoms with van der Waals surface area (Å²) in [5.74, 6) is -0.743. The molecule has 1 rings (SSSR count). The monoisotopic (exact) mass is 283 g/mol. The van der Waals surface area contributed by atoms with Crippen LogP contribution in [-0.4, -0.2) is 33.1 Å². The van der Waals surface area contributed by atoms with Gasteiger partial charge in [-0.1, -0.05) is 13.8 Å². The molecule has 0 bridgehead atoms. The molecule has 0 aliphatic rings. The molecule has 0 spiro atoms. The van der Waals surface area contributed by atoms with Crippen LogP contribution in [0.5, 0.6) is 0 Å². The Balaban J connectivity index is 3.12. The molecule has 8 nitrogen and oxygen atoms in total. The van der Waals surface area contributed by atoms with Gasteiger partial charge in [0.2, 0.25) is 0 Å². The quantitative estimate of drug-likeness (QED) is 0.519. The summed E-state index contributed by atoms with van der Waals surface area (Å²) in [5, 5.41) is 22.6. The Morgan fingerprint density at radius 2 is 2.10 bits per heavy atom. The minimum atomic E-state index is -0.839. The Kier molecular flexibility index (Phi) is 4.98. The van der Waals surface area contributed by atoms with Gasteiger partial charge in [-0.25, -0.2) is 0 Å². The van der Waals surface area contributed by atoms with Crippen molar-refractivity contribution in [2.24, 2.45) is 0 Å². The molecule has 110 valence electrons. The molecule has 0 aliphatic heterocycles. The zero-order valence-corrected chi connectivity index (χ0v) is 11.3. The Labute approximate surface area is 115 Å². The molecule has 0 saturated carbocycles. The summed E-state index contributed by atoms with van der Waals surface area (Å²) in [5.41, 5.74) is -2.28. The number of aliphatic hydroxyl groups is 1. The molecule has 20 heavy (non-hydrogen) atoms. The first-order chi connectivity index (χ1) is 9.39. The van der Waals surface area contributed by atoms with Crippen molar-refractivity contribution >= 4 is 11.6 Å². The summed E-state index contributed by atoms with van der Waals surface area (Å²) >= 11 is 0. The van der Waals surface area contributed by atoms with E-state index < -0.39 is 21.9 Å². The number of hydrogen-bond acceptors (Lipinski definition) is 5. The highest BCUT2D eigenvalue weighted by atomic mass is 16.6. The van der Waals surface area contributed by atoms with E-state index in [9.17, 15) is 24.8 Å². The van der Waals surface area contributed by atoms with E-state index in [0.29, 0.717) is 12.8 Å². The summed E-state index contributed by atoms with van der Waals surface area (Å²) < 4.78 is 0. The third-order valence-electron chi connectivity index (χ3n) is 3.38. The van der Waals surface area contributed by atoms with E-state index in [4.69, 9.17) is 0 Å². The summed E-state index contributed by atoms with van der Waals surface area (Å²) in [7, 11) is 0. The van der Waals surface area contributed by atoms with Gasteiger partial charge in [-0.05, 0) is 12.8 Å². The highest BCUT2D eigenvalue weighted by Crippen LogP contribution is 2.15. The molecular weight excluding hydrogens is 266 g/mol. The average Bonchev–Trinajstić information content (AvgIpc) is 2.45. The van der Waals surface area contributed by atoms with Crippen LogP contribution < -0.4 is 10.9 Å². The molecule has 0 unspecified atom stereocenters. The van der Waals surface area contributed by atoms with Crippen LogP contribution in [0.1, 0.15) is 37.0 Å². The normalized spacial score (nSPS) is 11.2. The van der Waals surface area contributed by atoms with Crippen LogP contribution in [0.3, 0.4) is 0 Å². The van der Waals surface area contributed by atoms with Crippen LogP contribution >= 0.6 is 0 Å². The fourth-order valence-corrected chi connectivity index (χ4v) is 1.74. The van der Waals surface area contributed by atoms with Crippen molar-refractivity contribution in [2.45, 2.75) is 32.2 Å². The molecule has 0 atom stereocenters. The summed E-state index contributed by atoms with van der Waals surface area (Å²) in [6.45, 7) is 3.30. The standard InChI is InChI=1S/C12H17N3O5/c1-3-12(4-2,7-16)14-11(18)9-5-8(15(19)20)6-13-10(9)17/h5-6,16H,3-4,7H2,1-2H3,(H,13,17)(H,14,18). The molecule has 1 aromatic heterocycles. The number of aliphatic hydroxyl groups excluding tert-OH is 1. The highest BCUT2D eigenvalue weighted by molar-refractivity contribution is 5.94. The van der Waals surface area contributed by atoms with Gasteiger partial charge in [0.1, 0.15) is 5.56 Å². The number of hydrogen-bond donors (Lipinski definition) is 3. The SMILES string of the molecule is CCC(CC)(CO)NC(=O)c1cc([N+](=O)[O-])c[nH]c1=O. The maximum atomic E-state index is 12.1. The van der Waals surface area contributed by atoms with Gasteiger partial charge in [0.15, 0.2) is 0 Å². The summed E-state index contributed by atoms with van der Waals surface area (Å²) in [4.78, 5) is 35.8. The van der Waals surface area contributed by atoms with Crippen LogP contribution in [0.4, 0.5) is 5.69 Å². The lowest BCUT2D eigenvalue weighted by Gasteiger charge is -2.30. The van der Waals surface area contributed by atoms with Crippen molar-refractivity contribution < 1.29 is 14.8 Å². The van der Waals surface area contributed by atoms with Gasteiger partial charge in [-0.2, -0.15) is 0 Å². The molecule has 0 aliphatic carbocycles. The van der Waals surface area contributed by atoms with E-state index in [1.807, 2.05) is 0 Å². The van der Waals surface area contributed by atoms with E-state index in [1.165, 1.54) is 0 Å².